The van der Waals surface area contributed by atoms with Crippen molar-refractivity contribution < 1.29 is 28.4 Å². The third-order valence-corrected chi connectivity index (χ3v) is 5.86. The Labute approximate surface area is 195 Å². The minimum Gasteiger partial charge on any atom is -0.464 e. The molecule has 8 nitrogen and oxygen atoms in total. The van der Waals surface area contributed by atoms with Gasteiger partial charge in [0.2, 0.25) is 0 Å². The van der Waals surface area contributed by atoms with Gasteiger partial charge in [0.05, 0.1) is 17.8 Å². The lowest BCUT2D eigenvalue weighted by molar-refractivity contribution is -0.151. The van der Waals surface area contributed by atoms with Gasteiger partial charge >= 0.3 is 19.2 Å². The normalized spacial score (nSPS) is 19.3. The maximum atomic E-state index is 13.0. The molecular formula is C23H45BN2O6. The van der Waals surface area contributed by atoms with Crippen LogP contribution >= 0.6 is 0 Å². The lowest BCUT2D eigenvalue weighted by Crippen LogP contribution is -2.61. The summed E-state index contributed by atoms with van der Waals surface area (Å²) in [4.78, 5) is 25.6. The summed E-state index contributed by atoms with van der Waals surface area (Å²) in [5, 5.41) is 6.09. The number of hydrogen-bond acceptors (Lipinski definition) is 7. The zero-order valence-corrected chi connectivity index (χ0v) is 21.7. The van der Waals surface area contributed by atoms with E-state index in [1.54, 1.807) is 27.7 Å². The van der Waals surface area contributed by atoms with Crippen LogP contribution in [0.25, 0.3) is 0 Å². The molecule has 0 aliphatic carbocycles. The van der Waals surface area contributed by atoms with Crippen molar-refractivity contribution in [3.8, 4) is 0 Å². The molecule has 1 fully saturated rings. The number of carbonyl (C=O) groups excluding carboxylic acids is 2. The van der Waals surface area contributed by atoms with Crippen LogP contribution in [0.1, 0.15) is 88.0 Å². The van der Waals surface area contributed by atoms with Crippen LogP contribution in [0, 0.1) is 0 Å². The number of rotatable bonds is 12. The molecule has 0 saturated carbocycles. The van der Waals surface area contributed by atoms with Gasteiger partial charge in [-0.1, -0.05) is 19.8 Å². The second-order valence-corrected chi connectivity index (χ2v) is 10.5. The molecule has 0 radical (unpaired) electrons. The van der Waals surface area contributed by atoms with E-state index in [1.165, 1.54) is 0 Å². The van der Waals surface area contributed by atoms with Gasteiger partial charge in [-0.2, -0.15) is 0 Å². The summed E-state index contributed by atoms with van der Waals surface area (Å²) in [6.07, 6.45) is 2.87. The molecule has 1 rings (SSSR count). The number of amides is 1. The molecule has 32 heavy (non-hydrogen) atoms. The zero-order chi connectivity index (χ0) is 24.6. The Balaban J connectivity index is 2.85. The molecule has 1 atom stereocenters. The van der Waals surface area contributed by atoms with Crippen LogP contribution in [0.15, 0.2) is 0 Å². The molecular weight excluding hydrogens is 411 g/mol. The van der Waals surface area contributed by atoms with E-state index in [4.69, 9.17) is 18.8 Å². The van der Waals surface area contributed by atoms with Crippen molar-refractivity contribution in [3.05, 3.63) is 0 Å². The first-order valence-electron chi connectivity index (χ1n) is 11.9. The van der Waals surface area contributed by atoms with Crippen LogP contribution in [0.4, 0.5) is 4.79 Å². The Morgan fingerprint density at radius 2 is 1.59 bits per heavy atom. The highest BCUT2D eigenvalue weighted by molar-refractivity contribution is 6.45. The summed E-state index contributed by atoms with van der Waals surface area (Å²) in [6, 6.07) is 0. The highest BCUT2D eigenvalue weighted by Gasteiger charge is 2.50. The van der Waals surface area contributed by atoms with E-state index in [1.807, 2.05) is 34.6 Å². The highest BCUT2D eigenvalue weighted by atomic mass is 16.7. The molecule has 0 aromatic rings. The number of carbonyl (C=O) groups is 2. The van der Waals surface area contributed by atoms with Crippen molar-refractivity contribution in [3.63, 3.8) is 0 Å². The van der Waals surface area contributed by atoms with Crippen molar-refractivity contribution in [1.82, 2.24) is 10.6 Å². The first kappa shape index (κ1) is 28.7. The molecule has 1 amide bonds. The third kappa shape index (κ3) is 8.56. The first-order chi connectivity index (χ1) is 14.7. The summed E-state index contributed by atoms with van der Waals surface area (Å²) in [5.41, 5.74) is -2.61. The van der Waals surface area contributed by atoms with Crippen LogP contribution in [0.2, 0.25) is 6.32 Å². The lowest BCUT2D eigenvalue weighted by Gasteiger charge is -2.33. The summed E-state index contributed by atoms with van der Waals surface area (Å²) in [6.45, 7) is 18.5. The molecule has 0 bridgehead atoms. The van der Waals surface area contributed by atoms with Crippen LogP contribution in [0.3, 0.4) is 0 Å². The van der Waals surface area contributed by atoms with E-state index in [2.05, 4.69) is 10.6 Å². The van der Waals surface area contributed by atoms with Crippen molar-refractivity contribution in [2.45, 2.75) is 117 Å². The molecule has 1 heterocycles. The fourth-order valence-corrected chi connectivity index (χ4v) is 3.49. The number of nitrogens with one attached hydrogen (secondary N) is 2. The maximum absolute atomic E-state index is 13.0. The average molecular weight is 456 g/mol. The van der Waals surface area contributed by atoms with E-state index in [0.717, 1.165) is 19.4 Å². The molecule has 1 unspecified atom stereocenters. The fraction of sp³-hybridized carbons (Fsp3) is 0.913. The Kier molecular flexibility index (Phi) is 10.5. The van der Waals surface area contributed by atoms with Gasteiger partial charge in [0.1, 0.15) is 5.60 Å². The number of alkyl carbamates (subject to hydrolysis) is 1. The van der Waals surface area contributed by atoms with E-state index >= 15 is 0 Å². The Bertz CT molecular complexity index is 604. The number of esters is 1. The van der Waals surface area contributed by atoms with Crippen LogP contribution < -0.4 is 10.6 Å². The van der Waals surface area contributed by atoms with Gasteiger partial charge in [0, 0.05) is 6.54 Å². The molecule has 1 aliphatic heterocycles. The Morgan fingerprint density at radius 3 is 2.09 bits per heavy atom. The SMILES string of the molecule is CCCNCC(CCCCB1OC(C)(C)C(C)(C)O1)(NC(=O)OC(C)(C)C)C(=O)OCC. The number of unbranched alkanes of at least 4 members (excludes halogenated alkanes) is 1. The molecule has 0 aromatic carbocycles. The molecule has 1 saturated heterocycles. The highest BCUT2D eigenvalue weighted by Crippen LogP contribution is 2.38. The van der Waals surface area contributed by atoms with Crippen molar-refractivity contribution >= 4 is 19.2 Å². The molecule has 1 aliphatic rings. The summed E-state index contributed by atoms with van der Waals surface area (Å²) in [7, 11) is -0.283. The molecule has 0 spiro atoms. The van der Waals surface area contributed by atoms with E-state index in [9.17, 15) is 9.59 Å². The predicted molar refractivity (Wildman–Crippen MR) is 127 cm³/mol. The van der Waals surface area contributed by atoms with Gasteiger partial charge in [0.15, 0.2) is 5.54 Å². The minimum absolute atomic E-state index is 0.234. The summed E-state index contributed by atoms with van der Waals surface area (Å²) < 4.78 is 22.9. The van der Waals surface area contributed by atoms with Crippen molar-refractivity contribution in [2.24, 2.45) is 0 Å². The monoisotopic (exact) mass is 456 g/mol. The first-order valence-corrected chi connectivity index (χ1v) is 11.9. The van der Waals surface area contributed by atoms with Crippen LogP contribution in [0.5, 0.6) is 0 Å². The smallest absolute Gasteiger partial charge is 0.457 e. The maximum Gasteiger partial charge on any atom is 0.457 e. The Morgan fingerprint density at radius 1 is 1.00 bits per heavy atom. The fourth-order valence-electron chi connectivity index (χ4n) is 3.49. The van der Waals surface area contributed by atoms with Crippen molar-refractivity contribution in [2.75, 3.05) is 19.7 Å². The lowest BCUT2D eigenvalue weighted by atomic mass is 9.80. The van der Waals surface area contributed by atoms with Gasteiger partial charge < -0.3 is 29.4 Å². The second-order valence-electron chi connectivity index (χ2n) is 10.5. The number of hydrogen-bond donors (Lipinski definition) is 2. The number of ether oxygens (including phenoxy) is 2. The van der Waals surface area contributed by atoms with E-state index < -0.39 is 23.2 Å². The summed E-state index contributed by atoms with van der Waals surface area (Å²) >= 11 is 0. The van der Waals surface area contributed by atoms with Gasteiger partial charge in [-0.05, 0) is 81.1 Å². The minimum atomic E-state index is -1.20. The van der Waals surface area contributed by atoms with Gasteiger partial charge in [-0.3, -0.25) is 0 Å². The largest absolute Gasteiger partial charge is 0.464 e. The standard InChI is InChI=1S/C23H45BN2O6/c1-10-16-25-17-23(18(27)29-11-2,26-19(28)30-20(3,4)5)14-12-13-15-24-31-21(6,7)22(8,9)32-24/h25H,10-17H2,1-9H3,(H,26,28). The predicted octanol–water partition coefficient (Wildman–Crippen LogP) is 4.08. The van der Waals surface area contributed by atoms with Crippen LogP contribution in [-0.2, 0) is 23.6 Å². The Hall–Kier alpha value is -1.32. The quantitative estimate of drug-likeness (QED) is 0.260. The topological polar surface area (TPSA) is 95.1 Å². The van der Waals surface area contributed by atoms with Gasteiger partial charge in [-0.15, -0.1) is 0 Å². The molecule has 0 aromatic heterocycles. The summed E-state index contributed by atoms with van der Waals surface area (Å²) in [5.74, 6) is -0.454. The second kappa shape index (κ2) is 11.7. The van der Waals surface area contributed by atoms with E-state index in [-0.39, 0.29) is 31.5 Å². The average Bonchev–Trinajstić information content (AvgIpc) is 2.83. The third-order valence-electron chi connectivity index (χ3n) is 5.86. The molecule has 9 heteroatoms. The van der Waals surface area contributed by atoms with Crippen molar-refractivity contribution in [1.29, 1.82) is 0 Å². The molecule has 2 N–H and O–H groups in total. The van der Waals surface area contributed by atoms with Crippen LogP contribution in [-0.4, -0.2) is 61.2 Å². The van der Waals surface area contributed by atoms with Gasteiger partial charge in [0.25, 0.3) is 0 Å². The van der Waals surface area contributed by atoms with Gasteiger partial charge in [-0.25, -0.2) is 9.59 Å². The zero-order valence-electron chi connectivity index (χ0n) is 21.7. The van der Waals surface area contributed by atoms with E-state index in [0.29, 0.717) is 19.2 Å². The molecule has 186 valence electrons.